The Morgan fingerprint density at radius 3 is 2.23 bits per heavy atom. The Morgan fingerprint density at radius 2 is 1.67 bits per heavy atom. The van der Waals surface area contributed by atoms with Crippen LogP contribution in [-0.4, -0.2) is 37.0 Å². The number of ether oxygens (including phenoxy) is 1. The quantitative estimate of drug-likeness (QED) is 0.388. The summed E-state index contributed by atoms with van der Waals surface area (Å²) in [6.07, 6.45) is 1.91. The predicted molar refractivity (Wildman–Crippen MR) is 124 cm³/mol. The zero-order valence-corrected chi connectivity index (χ0v) is 18.3. The van der Waals surface area contributed by atoms with Crippen LogP contribution in [0.15, 0.2) is 59.6 Å². The lowest BCUT2D eigenvalue weighted by molar-refractivity contribution is 0.0600. The molecule has 0 radical (unpaired) electrons. The lowest BCUT2D eigenvalue weighted by Gasteiger charge is -2.20. The molecular formula is C25H29N3O2. The minimum Gasteiger partial charge on any atom is -0.465 e. The van der Waals surface area contributed by atoms with Gasteiger partial charge >= 0.3 is 5.97 Å². The van der Waals surface area contributed by atoms with Crippen molar-refractivity contribution in [2.45, 2.75) is 27.7 Å². The molecule has 1 heterocycles. The number of esters is 1. The van der Waals surface area contributed by atoms with Gasteiger partial charge in [0.1, 0.15) is 0 Å². The highest BCUT2D eigenvalue weighted by Gasteiger charge is 2.11. The number of carbonyl (C=O) groups excluding carboxylic acids is 1. The number of carbonyl (C=O) groups is 1. The molecule has 5 nitrogen and oxygen atoms in total. The summed E-state index contributed by atoms with van der Waals surface area (Å²) in [5.41, 5.74) is 6.96. The van der Waals surface area contributed by atoms with Crippen molar-refractivity contribution in [3.05, 3.63) is 77.1 Å². The van der Waals surface area contributed by atoms with Crippen molar-refractivity contribution in [1.82, 2.24) is 4.57 Å². The van der Waals surface area contributed by atoms with Crippen molar-refractivity contribution in [2.75, 3.05) is 25.1 Å². The molecule has 156 valence electrons. The molecule has 0 atom stereocenters. The lowest BCUT2D eigenvalue weighted by Crippen LogP contribution is -2.21. The van der Waals surface area contributed by atoms with E-state index in [4.69, 9.17) is 4.74 Å². The monoisotopic (exact) mass is 403 g/mol. The second-order valence-electron chi connectivity index (χ2n) is 7.15. The third-order valence-corrected chi connectivity index (χ3v) is 5.35. The number of benzene rings is 2. The van der Waals surface area contributed by atoms with E-state index in [-0.39, 0.29) is 5.97 Å². The number of hydrogen-bond donors (Lipinski definition) is 0. The molecular weight excluding hydrogens is 374 g/mol. The van der Waals surface area contributed by atoms with Crippen molar-refractivity contribution in [1.29, 1.82) is 0 Å². The van der Waals surface area contributed by atoms with Gasteiger partial charge in [0.2, 0.25) is 0 Å². The zero-order chi connectivity index (χ0) is 21.7. The Morgan fingerprint density at radius 1 is 1.03 bits per heavy atom. The highest BCUT2D eigenvalue weighted by Crippen LogP contribution is 2.23. The highest BCUT2D eigenvalue weighted by molar-refractivity contribution is 5.89. The zero-order valence-electron chi connectivity index (χ0n) is 18.3. The molecule has 3 aromatic rings. The molecule has 0 spiro atoms. The molecule has 0 amide bonds. The fourth-order valence-corrected chi connectivity index (χ4v) is 3.66. The SMILES string of the molecule is CCN(CC)c1ccc(N=Cc2cc(C)n(-c3ccc(C(=O)OC)cc3)c2C)cc1. The van der Waals surface area contributed by atoms with E-state index in [0.717, 1.165) is 41.4 Å². The maximum atomic E-state index is 11.7. The van der Waals surface area contributed by atoms with Crippen LogP contribution in [0.3, 0.4) is 0 Å². The van der Waals surface area contributed by atoms with Gasteiger partial charge in [-0.1, -0.05) is 0 Å². The van der Waals surface area contributed by atoms with Gasteiger partial charge in [-0.25, -0.2) is 4.79 Å². The normalized spacial score (nSPS) is 11.1. The fourth-order valence-electron chi connectivity index (χ4n) is 3.66. The van der Waals surface area contributed by atoms with Crippen molar-refractivity contribution >= 4 is 23.6 Å². The summed E-state index contributed by atoms with van der Waals surface area (Å²) in [6, 6.07) is 17.9. The smallest absolute Gasteiger partial charge is 0.337 e. The molecule has 0 N–H and O–H groups in total. The molecule has 0 saturated carbocycles. The van der Waals surface area contributed by atoms with Gasteiger partial charge in [0.05, 0.1) is 18.4 Å². The average molecular weight is 404 g/mol. The molecule has 0 aliphatic rings. The van der Waals surface area contributed by atoms with Gasteiger partial charge in [-0.3, -0.25) is 4.99 Å². The first-order valence-corrected chi connectivity index (χ1v) is 10.2. The largest absolute Gasteiger partial charge is 0.465 e. The topological polar surface area (TPSA) is 46.8 Å². The summed E-state index contributed by atoms with van der Waals surface area (Å²) >= 11 is 0. The van der Waals surface area contributed by atoms with E-state index < -0.39 is 0 Å². The number of methoxy groups -OCH3 is 1. The Bertz CT molecular complexity index is 1030. The van der Waals surface area contributed by atoms with Crippen LogP contribution in [0.25, 0.3) is 5.69 Å². The van der Waals surface area contributed by atoms with Gasteiger partial charge in [0.25, 0.3) is 0 Å². The number of hydrogen-bond acceptors (Lipinski definition) is 4. The number of aryl methyl sites for hydroxylation is 1. The van der Waals surface area contributed by atoms with Crippen LogP contribution in [0.5, 0.6) is 0 Å². The highest BCUT2D eigenvalue weighted by atomic mass is 16.5. The van der Waals surface area contributed by atoms with Gasteiger partial charge < -0.3 is 14.2 Å². The number of aliphatic imine (C=N–C) groups is 1. The number of anilines is 1. The first kappa shape index (κ1) is 21.4. The van der Waals surface area contributed by atoms with E-state index in [1.165, 1.54) is 12.8 Å². The summed E-state index contributed by atoms with van der Waals surface area (Å²) in [5, 5.41) is 0. The molecule has 30 heavy (non-hydrogen) atoms. The first-order valence-electron chi connectivity index (χ1n) is 10.2. The first-order chi connectivity index (χ1) is 14.5. The molecule has 0 unspecified atom stereocenters. The van der Waals surface area contributed by atoms with Crippen molar-refractivity contribution < 1.29 is 9.53 Å². The van der Waals surface area contributed by atoms with Crippen molar-refractivity contribution in [3.63, 3.8) is 0 Å². The Balaban J connectivity index is 1.82. The second-order valence-corrected chi connectivity index (χ2v) is 7.15. The number of nitrogens with zero attached hydrogens (tertiary/aromatic N) is 3. The van der Waals surface area contributed by atoms with Crippen LogP contribution in [0.2, 0.25) is 0 Å². The Hall–Kier alpha value is -3.34. The summed E-state index contributed by atoms with van der Waals surface area (Å²) in [4.78, 5) is 18.6. The van der Waals surface area contributed by atoms with Gasteiger partial charge in [0, 0.05) is 47.6 Å². The molecule has 0 fully saturated rings. The van der Waals surface area contributed by atoms with E-state index in [1.54, 1.807) is 12.1 Å². The summed E-state index contributed by atoms with van der Waals surface area (Å²) in [7, 11) is 1.39. The molecule has 1 aromatic heterocycles. The predicted octanol–water partition coefficient (Wildman–Crippen LogP) is 5.48. The molecule has 0 aliphatic heterocycles. The third kappa shape index (κ3) is 4.46. The van der Waals surface area contributed by atoms with Crippen LogP contribution in [-0.2, 0) is 4.74 Å². The van der Waals surface area contributed by atoms with Gasteiger partial charge in [-0.2, -0.15) is 0 Å². The van der Waals surface area contributed by atoms with Crippen LogP contribution in [0, 0.1) is 13.8 Å². The van der Waals surface area contributed by atoms with Crippen LogP contribution in [0.4, 0.5) is 11.4 Å². The standard InChI is InChI=1S/C25H29N3O2/c1-6-27(7-2)23-14-10-22(11-15-23)26-17-21-16-18(3)28(19(21)4)24-12-8-20(9-13-24)25(29)30-5/h8-17H,6-7H2,1-5H3. The van der Waals surface area contributed by atoms with E-state index in [0.29, 0.717) is 5.56 Å². The van der Waals surface area contributed by atoms with E-state index in [2.05, 4.69) is 72.5 Å². The number of aromatic nitrogens is 1. The minimum atomic E-state index is -0.331. The van der Waals surface area contributed by atoms with Crippen LogP contribution < -0.4 is 4.90 Å². The molecule has 0 aliphatic carbocycles. The second kappa shape index (κ2) is 9.44. The Kier molecular flexibility index (Phi) is 6.72. The fraction of sp³-hybridized carbons (Fsp3) is 0.280. The maximum Gasteiger partial charge on any atom is 0.337 e. The average Bonchev–Trinajstić information content (AvgIpc) is 3.06. The van der Waals surface area contributed by atoms with Gasteiger partial charge in [-0.15, -0.1) is 0 Å². The van der Waals surface area contributed by atoms with Crippen LogP contribution in [0.1, 0.15) is 41.2 Å². The van der Waals surface area contributed by atoms with E-state index in [9.17, 15) is 4.79 Å². The molecule has 5 heteroatoms. The van der Waals surface area contributed by atoms with E-state index >= 15 is 0 Å². The summed E-state index contributed by atoms with van der Waals surface area (Å²) in [5.74, 6) is -0.331. The third-order valence-electron chi connectivity index (χ3n) is 5.35. The number of rotatable bonds is 7. The maximum absolute atomic E-state index is 11.7. The van der Waals surface area contributed by atoms with Gasteiger partial charge in [0.15, 0.2) is 0 Å². The van der Waals surface area contributed by atoms with E-state index in [1.807, 2.05) is 18.3 Å². The Labute approximate surface area is 178 Å². The molecule has 0 saturated heterocycles. The molecule has 2 aromatic carbocycles. The summed E-state index contributed by atoms with van der Waals surface area (Å²) < 4.78 is 6.93. The molecule has 3 rings (SSSR count). The van der Waals surface area contributed by atoms with Crippen molar-refractivity contribution in [3.8, 4) is 5.69 Å². The molecule has 0 bridgehead atoms. The van der Waals surface area contributed by atoms with Crippen LogP contribution >= 0.6 is 0 Å². The minimum absolute atomic E-state index is 0.331. The van der Waals surface area contributed by atoms with Crippen molar-refractivity contribution in [2.24, 2.45) is 4.99 Å². The lowest BCUT2D eigenvalue weighted by atomic mass is 10.2. The van der Waals surface area contributed by atoms with Gasteiger partial charge in [-0.05, 0) is 82.3 Å². The summed E-state index contributed by atoms with van der Waals surface area (Å²) in [6.45, 7) is 10.4.